The van der Waals surface area contributed by atoms with Crippen LogP contribution < -0.4 is 10.3 Å². The molecule has 3 heterocycles. The smallest absolute Gasteiger partial charge is 0.255 e. The largest absolute Gasteiger partial charge is 0.472 e. The van der Waals surface area contributed by atoms with E-state index in [1.165, 1.54) is 30.5 Å². The molecule has 1 aliphatic rings. The molecule has 3 rings (SSSR count). The number of hydrogen-bond donors (Lipinski definition) is 1. The van der Waals surface area contributed by atoms with E-state index in [0.29, 0.717) is 25.1 Å². The lowest BCUT2D eigenvalue weighted by Crippen LogP contribution is -2.31. The first-order valence-corrected chi connectivity index (χ1v) is 6.89. The average Bonchev–Trinajstić information content (AvgIpc) is 2.96. The van der Waals surface area contributed by atoms with E-state index in [0.717, 1.165) is 0 Å². The summed E-state index contributed by atoms with van der Waals surface area (Å²) in [7, 11) is 0. The highest BCUT2D eigenvalue weighted by Crippen LogP contribution is 2.18. The molecule has 1 fully saturated rings. The standard InChI is InChI=1S/C15H14FN3O3/c16-12-2-1-3-14(18-12)22-11-6-7-19(9-11)15(21)10-4-5-13(20)17-8-10/h1-5,8,11H,6-7,9H2,(H,17,20). The zero-order valence-corrected chi connectivity index (χ0v) is 11.7. The fourth-order valence-corrected chi connectivity index (χ4v) is 2.36. The molecule has 0 aliphatic carbocycles. The van der Waals surface area contributed by atoms with Crippen LogP contribution in [0.4, 0.5) is 4.39 Å². The van der Waals surface area contributed by atoms with Gasteiger partial charge in [-0.2, -0.15) is 9.37 Å². The normalized spacial score (nSPS) is 17.5. The summed E-state index contributed by atoms with van der Waals surface area (Å²) in [5, 5.41) is 0. The maximum Gasteiger partial charge on any atom is 0.255 e. The number of likely N-dealkylation sites (tertiary alicyclic amines) is 1. The molecular weight excluding hydrogens is 289 g/mol. The van der Waals surface area contributed by atoms with Gasteiger partial charge in [-0.15, -0.1) is 0 Å². The number of pyridine rings is 2. The molecule has 0 radical (unpaired) electrons. The SMILES string of the molecule is O=C(c1ccc(=O)[nH]c1)N1CCC(Oc2cccc(F)n2)C1. The molecule has 6 nitrogen and oxygen atoms in total. The van der Waals surface area contributed by atoms with Crippen LogP contribution in [0.2, 0.25) is 0 Å². The highest BCUT2D eigenvalue weighted by Gasteiger charge is 2.28. The van der Waals surface area contributed by atoms with Crippen molar-refractivity contribution in [1.29, 1.82) is 0 Å². The number of halogens is 1. The molecule has 1 N–H and O–H groups in total. The highest BCUT2D eigenvalue weighted by molar-refractivity contribution is 5.94. The summed E-state index contributed by atoms with van der Waals surface area (Å²) in [6, 6.07) is 7.15. The maximum absolute atomic E-state index is 13.0. The van der Waals surface area contributed by atoms with Crippen molar-refractivity contribution < 1.29 is 13.9 Å². The van der Waals surface area contributed by atoms with Gasteiger partial charge in [-0.3, -0.25) is 9.59 Å². The van der Waals surface area contributed by atoms with Crippen molar-refractivity contribution in [2.45, 2.75) is 12.5 Å². The Balaban J connectivity index is 1.63. The quantitative estimate of drug-likeness (QED) is 0.865. The topological polar surface area (TPSA) is 75.3 Å². The minimum absolute atomic E-state index is 0.172. The summed E-state index contributed by atoms with van der Waals surface area (Å²) in [5.41, 5.74) is 0.167. The number of nitrogens with zero attached hydrogens (tertiary/aromatic N) is 2. The Kier molecular flexibility index (Phi) is 3.86. The van der Waals surface area contributed by atoms with Crippen LogP contribution in [-0.4, -0.2) is 40.0 Å². The third-order valence-corrected chi connectivity index (χ3v) is 3.44. The predicted molar refractivity (Wildman–Crippen MR) is 76.2 cm³/mol. The molecule has 1 unspecified atom stereocenters. The molecule has 0 aromatic carbocycles. The molecule has 1 atom stereocenters. The fraction of sp³-hybridized carbons (Fsp3) is 0.267. The number of hydrogen-bond acceptors (Lipinski definition) is 4. The van der Waals surface area contributed by atoms with E-state index in [2.05, 4.69) is 9.97 Å². The van der Waals surface area contributed by atoms with Crippen LogP contribution in [0.1, 0.15) is 16.8 Å². The van der Waals surface area contributed by atoms with Crippen molar-refractivity contribution in [1.82, 2.24) is 14.9 Å². The third kappa shape index (κ3) is 3.13. The number of aromatic amines is 1. The van der Waals surface area contributed by atoms with Gasteiger partial charge >= 0.3 is 0 Å². The molecule has 7 heteroatoms. The first kappa shape index (κ1) is 14.2. The monoisotopic (exact) mass is 303 g/mol. The Hall–Kier alpha value is -2.70. The summed E-state index contributed by atoms with van der Waals surface area (Å²) in [4.78, 5) is 31.0. The molecular formula is C15H14FN3O3. The second kappa shape index (κ2) is 5.97. The fourth-order valence-electron chi connectivity index (χ4n) is 2.36. The number of carbonyl (C=O) groups excluding carboxylic acids is 1. The van der Waals surface area contributed by atoms with Crippen LogP contribution in [0.5, 0.6) is 5.88 Å². The molecule has 0 spiro atoms. The minimum Gasteiger partial charge on any atom is -0.472 e. The molecule has 0 bridgehead atoms. The number of H-pyrrole nitrogens is 1. The van der Waals surface area contributed by atoms with Gasteiger partial charge in [-0.05, 0) is 12.1 Å². The first-order valence-electron chi connectivity index (χ1n) is 6.89. The zero-order valence-electron chi connectivity index (χ0n) is 11.7. The molecule has 2 aromatic heterocycles. The molecule has 22 heavy (non-hydrogen) atoms. The second-order valence-electron chi connectivity index (χ2n) is 5.02. The lowest BCUT2D eigenvalue weighted by Gasteiger charge is -2.16. The van der Waals surface area contributed by atoms with Crippen molar-refractivity contribution in [2.24, 2.45) is 0 Å². The number of rotatable bonds is 3. The van der Waals surface area contributed by atoms with E-state index in [-0.39, 0.29) is 23.5 Å². The summed E-state index contributed by atoms with van der Waals surface area (Å²) in [5.74, 6) is -0.561. The Morgan fingerprint density at radius 2 is 2.23 bits per heavy atom. The minimum atomic E-state index is -0.600. The summed E-state index contributed by atoms with van der Waals surface area (Å²) >= 11 is 0. The van der Waals surface area contributed by atoms with E-state index in [1.807, 2.05) is 0 Å². The van der Waals surface area contributed by atoms with Crippen LogP contribution in [0.3, 0.4) is 0 Å². The number of carbonyl (C=O) groups is 1. The molecule has 1 aliphatic heterocycles. The third-order valence-electron chi connectivity index (χ3n) is 3.44. The van der Waals surface area contributed by atoms with E-state index in [4.69, 9.17) is 4.74 Å². The second-order valence-corrected chi connectivity index (χ2v) is 5.02. The van der Waals surface area contributed by atoms with Crippen molar-refractivity contribution in [3.63, 3.8) is 0 Å². The summed E-state index contributed by atoms with van der Waals surface area (Å²) in [6.45, 7) is 0.939. The van der Waals surface area contributed by atoms with Crippen molar-refractivity contribution in [3.05, 3.63) is 58.4 Å². The van der Waals surface area contributed by atoms with E-state index in [1.54, 1.807) is 11.0 Å². The molecule has 2 aromatic rings. The van der Waals surface area contributed by atoms with Crippen LogP contribution >= 0.6 is 0 Å². The zero-order chi connectivity index (χ0) is 15.5. The van der Waals surface area contributed by atoms with Crippen LogP contribution in [-0.2, 0) is 0 Å². The van der Waals surface area contributed by atoms with Gasteiger partial charge in [-0.25, -0.2) is 0 Å². The number of ether oxygens (including phenoxy) is 1. The average molecular weight is 303 g/mol. The Labute approximate surface area is 125 Å². The van der Waals surface area contributed by atoms with Crippen LogP contribution in [0.25, 0.3) is 0 Å². The summed E-state index contributed by atoms with van der Waals surface area (Å²) in [6.07, 6.45) is 1.82. The molecule has 0 saturated carbocycles. The van der Waals surface area contributed by atoms with Gasteiger partial charge in [0.1, 0.15) is 6.10 Å². The first-order chi connectivity index (χ1) is 10.6. The van der Waals surface area contributed by atoms with Gasteiger partial charge in [0.2, 0.25) is 17.4 Å². The van der Waals surface area contributed by atoms with Crippen LogP contribution in [0.15, 0.2) is 41.3 Å². The molecule has 1 amide bonds. The predicted octanol–water partition coefficient (Wildman–Crippen LogP) is 1.20. The van der Waals surface area contributed by atoms with Gasteiger partial charge in [-0.1, -0.05) is 6.07 Å². The van der Waals surface area contributed by atoms with Crippen LogP contribution in [0, 0.1) is 5.95 Å². The van der Waals surface area contributed by atoms with Crippen molar-refractivity contribution >= 4 is 5.91 Å². The van der Waals surface area contributed by atoms with Gasteiger partial charge in [0.25, 0.3) is 5.91 Å². The van der Waals surface area contributed by atoms with Crippen molar-refractivity contribution in [3.8, 4) is 5.88 Å². The van der Waals surface area contributed by atoms with Gasteiger partial charge in [0.15, 0.2) is 0 Å². The van der Waals surface area contributed by atoms with E-state index < -0.39 is 5.95 Å². The van der Waals surface area contributed by atoms with Crippen molar-refractivity contribution in [2.75, 3.05) is 13.1 Å². The highest BCUT2D eigenvalue weighted by atomic mass is 19.1. The Morgan fingerprint density at radius 3 is 2.95 bits per heavy atom. The number of aromatic nitrogens is 2. The van der Waals surface area contributed by atoms with Gasteiger partial charge < -0.3 is 14.6 Å². The lowest BCUT2D eigenvalue weighted by atomic mass is 10.2. The Bertz CT molecular complexity index is 726. The van der Waals surface area contributed by atoms with Gasteiger partial charge in [0, 0.05) is 31.3 Å². The summed E-state index contributed by atoms with van der Waals surface area (Å²) < 4.78 is 18.6. The van der Waals surface area contributed by atoms with E-state index >= 15 is 0 Å². The molecule has 114 valence electrons. The molecule has 1 saturated heterocycles. The number of nitrogens with one attached hydrogen (secondary N) is 1. The van der Waals surface area contributed by atoms with E-state index in [9.17, 15) is 14.0 Å². The lowest BCUT2D eigenvalue weighted by molar-refractivity contribution is 0.0770. The maximum atomic E-state index is 13.0. The number of amides is 1. The Morgan fingerprint density at radius 1 is 1.36 bits per heavy atom. The van der Waals surface area contributed by atoms with Gasteiger partial charge in [0.05, 0.1) is 12.1 Å².